The molecule has 0 spiro atoms. The van der Waals surface area contributed by atoms with Crippen LogP contribution < -0.4 is 14.8 Å². The molecule has 1 N–H and O–H groups in total. The van der Waals surface area contributed by atoms with Crippen LogP contribution in [0.1, 0.15) is 29.0 Å². The number of benzene rings is 2. The Morgan fingerprint density at radius 3 is 2.44 bits per heavy atom. The number of nitrogens with one attached hydrogen (secondary N) is 1. The Balaban J connectivity index is 1.83. The molecule has 0 fully saturated rings. The molecule has 1 amide bonds. The topological polar surface area (TPSA) is 60.5 Å². The van der Waals surface area contributed by atoms with Gasteiger partial charge in [-0.05, 0) is 36.8 Å². The maximum absolute atomic E-state index is 12.6. The monoisotopic (exact) mass is 336 g/mol. The molecule has 0 saturated carbocycles. The second-order valence-corrected chi connectivity index (χ2v) is 5.70. The fraction of sp³-hybridized carbons (Fsp3) is 0.200. The summed E-state index contributed by atoms with van der Waals surface area (Å²) in [6.45, 7) is 1.93. The molecule has 1 atom stereocenters. The number of hydrogen-bond acceptors (Lipinski definition) is 4. The number of nitrogens with zero attached hydrogens (tertiary/aromatic N) is 1. The lowest BCUT2D eigenvalue weighted by atomic mass is 10.1. The highest BCUT2D eigenvalue weighted by molar-refractivity contribution is 5.97. The summed E-state index contributed by atoms with van der Waals surface area (Å²) in [6.07, 6.45) is 0. The summed E-state index contributed by atoms with van der Waals surface area (Å²) < 4.78 is 10.6. The predicted molar refractivity (Wildman–Crippen MR) is 97.2 cm³/mol. The molecule has 3 aromatic rings. The van der Waals surface area contributed by atoms with Crippen LogP contribution >= 0.6 is 0 Å². The van der Waals surface area contributed by atoms with Crippen LogP contribution in [0.15, 0.2) is 54.6 Å². The maximum Gasteiger partial charge on any atom is 0.270 e. The van der Waals surface area contributed by atoms with Crippen molar-refractivity contribution in [2.45, 2.75) is 13.0 Å². The van der Waals surface area contributed by atoms with Crippen LogP contribution in [0.2, 0.25) is 0 Å². The van der Waals surface area contributed by atoms with Crippen LogP contribution in [0.4, 0.5) is 0 Å². The largest absolute Gasteiger partial charge is 0.497 e. The van der Waals surface area contributed by atoms with Gasteiger partial charge in [0.1, 0.15) is 17.2 Å². The number of carbonyl (C=O) groups is 1. The molecule has 0 bridgehead atoms. The molecule has 0 saturated heterocycles. The Morgan fingerprint density at radius 1 is 1.04 bits per heavy atom. The van der Waals surface area contributed by atoms with E-state index < -0.39 is 0 Å². The van der Waals surface area contributed by atoms with Crippen molar-refractivity contribution in [1.82, 2.24) is 10.3 Å². The molecular formula is C20H20N2O3. The Hall–Kier alpha value is -3.08. The van der Waals surface area contributed by atoms with Gasteiger partial charge in [0.15, 0.2) is 0 Å². The van der Waals surface area contributed by atoms with Crippen LogP contribution in [0.25, 0.3) is 10.9 Å². The van der Waals surface area contributed by atoms with E-state index in [1.54, 1.807) is 20.3 Å². The predicted octanol–water partition coefficient (Wildman–Crippen LogP) is 3.74. The molecule has 1 aromatic heterocycles. The fourth-order valence-electron chi connectivity index (χ4n) is 2.68. The first-order chi connectivity index (χ1) is 12.1. The van der Waals surface area contributed by atoms with Crippen molar-refractivity contribution in [3.05, 3.63) is 65.9 Å². The Morgan fingerprint density at radius 2 is 1.76 bits per heavy atom. The molecule has 2 aromatic carbocycles. The molecule has 0 unspecified atom stereocenters. The van der Waals surface area contributed by atoms with Crippen LogP contribution in [0.3, 0.4) is 0 Å². The Labute approximate surface area is 146 Å². The minimum absolute atomic E-state index is 0.155. The van der Waals surface area contributed by atoms with Crippen LogP contribution in [-0.4, -0.2) is 25.1 Å². The zero-order valence-corrected chi connectivity index (χ0v) is 14.4. The minimum Gasteiger partial charge on any atom is -0.497 e. The van der Waals surface area contributed by atoms with Crippen molar-refractivity contribution in [2.24, 2.45) is 0 Å². The third kappa shape index (κ3) is 3.55. The number of para-hydroxylation sites is 1. The second-order valence-electron chi connectivity index (χ2n) is 5.70. The van der Waals surface area contributed by atoms with Gasteiger partial charge in [0, 0.05) is 11.5 Å². The van der Waals surface area contributed by atoms with Crippen molar-refractivity contribution >= 4 is 16.8 Å². The quantitative estimate of drug-likeness (QED) is 0.771. The Bertz CT molecular complexity index is 891. The molecule has 25 heavy (non-hydrogen) atoms. The molecule has 5 nitrogen and oxygen atoms in total. The highest BCUT2D eigenvalue weighted by Crippen LogP contribution is 2.25. The number of hydrogen-bond donors (Lipinski definition) is 1. The van der Waals surface area contributed by atoms with Gasteiger partial charge in [-0.25, -0.2) is 4.98 Å². The van der Waals surface area contributed by atoms with E-state index >= 15 is 0 Å². The summed E-state index contributed by atoms with van der Waals surface area (Å²) >= 11 is 0. The number of methoxy groups -OCH3 is 2. The molecule has 0 aliphatic rings. The summed E-state index contributed by atoms with van der Waals surface area (Å²) in [7, 11) is 3.21. The molecule has 5 heteroatoms. The van der Waals surface area contributed by atoms with Crippen molar-refractivity contribution in [3.63, 3.8) is 0 Å². The Kier molecular flexibility index (Phi) is 4.84. The van der Waals surface area contributed by atoms with E-state index in [0.29, 0.717) is 11.4 Å². The maximum atomic E-state index is 12.6. The highest BCUT2D eigenvalue weighted by atomic mass is 16.5. The van der Waals surface area contributed by atoms with Gasteiger partial charge in [0.2, 0.25) is 0 Å². The average Bonchev–Trinajstić information content (AvgIpc) is 2.67. The van der Waals surface area contributed by atoms with E-state index in [1.165, 1.54) is 0 Å². The number of amides is 1. The minimum atomic E-state index is -0.243. The number of carbonyl (C=O) groups excluding carboxylic acids is 1. The molecule has 1 heterocycles. The van der Waals surface area contributed by atoms with E-state index in [4.69, 9.17) is 9.47 Å². The molecule has 0 radical (unpaired) electrons. The summed E-state index contributed by atoms with van der Waals surface area (Å²) in [4.78, 5) is 17.1. The lowest BCUT2D eigenvalue weighted by molar-refractivity contribution is 0.0935. The summed E-state index contributed by atoms with van der Waals surface area (Å²) in [5.41, 5.74) is 2.04. The number of fused-ring (bicyclic) bond motifs is 1. The zero-order valence-electron chi connectivity index (χ0n) is 14.4. The van der Waals surface area contributed by atoms with E-state index in [0.717, 1.165) is 22.2 Å². The molecule has 0 aliphatic heterocycles. The van der Waals surface area contributed by atoms with Gasteiger partial charge in [0.25, 0.3) is 5.91 Å². The number of ether oxygens (including phenoxy) is 2. The first-order valence-corrected chi connectivity index (χ1v) is 8.01. The van der Waals surface area contributed by atoms with Crippen LogP contribution in [0.5, 0.6) is 11.5 Å². The molecular weight excluding hydrogens is 316 g/mol. The number of rotatable bonds is 5. The van der Waals surface area contributed by atoms with Crippen molar-refractivity contribution in [2.75, 3.05) is 14.2 Å². The third-order valence-corrected chi connectivity index (χ3v) is 4.09. The number of aromatic nitrogens is 1. The van der Waals surface area contributed by atoms with Gasteiger partial charge in [-0.1, -0.05) is 24.3 Å². The van der Waals surface area contributed by atoms with Crippen LogP contribution in [-0.2, 0) is 0 Å². The fourth-order valence-corrected chi connectivity index (χ4v) is 2.68. The van der Waals surface area contributed by atoms with Gasteiger partial charge >= 0.3 is 0 Å². The van der Waals surface area contributed by atoms with Crippen LogP contribution in [0, 0.1) is 0 Å². The zero-order chi connectivity index (χ0) is 17.8. The summed E-state index contributed by atoms with van der Waals surface area (Å²) in [5.74, 6) is 1.17. The lowest BCUT2D eigenvalue weighted by Crippen LogP contribution is -2.27. The normalized spacial score (nSPS) is 11.8. The molecule has 128 valence electrons. The summed E-state index contributed by atoms with van der Waals surface area (Å²) in [5, 5.41) is 3.85. The van der Waals surface area contributed by atoms with E-state index in [2.05, 4.69) is 10.3 Å². The SMILES string of the molecule is COc1ccc([C@@H](C)NC(=O)c2cc(OC)c3ccccc3n2)cc1. The van der Waals surface area contributed by atoms with E-state index in [-0.39, 0.29) is 11.9 Å². The second kappa shape index (κ2) is 7.21. The lowest BCUT2D eigenvalue weighted by Gasteiger charge is -2.15. The van der Waals surface area contributed by atoms with Gasteiger partial charge in [0.05, 0.1) is 25.8 Å². The standard InChI is InChI=1S/C20H20N2O3/c1-13(14-8-10-15(24-2)11-9-14)21-20(23)18-12-19(25-3)16-6-4-5-7-17(16)22-18/h4-13H,1-3H3,(H,21,23)/t13-/m1/s1. The molecule has 0 aliphatic carbocycles. The number of pyridine rings is 1. The van der Waals surface area contributed by atoms with E-state index in [9.17, 15) is 4.79 Å². The van der Waals surface area contributed by atoms with Gasteiger partial charge in [-0.3, -0.25) is 4.79 Å². The molecule has 3 rings (SSSR count). The van der Waals surface area contributed by atoms with Crippen molar-refractivity contribution in [3.8, 4) is 11.5 Å². The average molecular weight is 336 g/mol. The smallest absolute Gasteiger partial charge is 0.270 e. The first kappa shape index (κ1) is 16.8. The summed E-state index contributed by atoms with van der Waals surface area (Å²) in [6, 6.07) is 16.7. The van der Waals surface area contributed by atoms with Gasteiger partial charge in [-0.15, -0.1) is 0 Å². The first-order valence-electron chi connectivity index (χ1n) is 8.01. The van der Waals surface area contributed by atoms with Crippen molar-refractivity contribution in [1.29, 1.82) is 0 Å². The van der Waals surface area contributed by atoms with E-state index in [1.807, 2.05) is 55.5 Å². The van der Waals surface area contributed by atoms with Gasteiger partial charge < -0.3 is 14.8 Å². The third-order valence-electron chi connectivity index (χ3n) is 4.09. The van der Waals surface area contributed by atoms with Crippen molar-refractivity contribution < 1.29 is 14.3 Å². The van der Waals surface area contributed by atoms with Gasteiger partial charge in [-0.2, -0.15) is 0 Å². The highest BCUT2D eigenvalue weighted by Gasteiger charge is 2.15.